The maximum Gasteiger partial charge on any atom is 0.0612 e. The Morgan fingerprint density at radius 2 is 1.00 bits per heavy atom. The van der Waals surface area contributed by atoms with Gasteiger partial charge >= 0.3 is 0 Å². The van der Waals surface area contributed by atoms with E-state index in [9.17, 15) is 0 Å². The number of rotatable bonds is 9. The smallest absolute Gasteiger partial charge is 0.0612 e. The summed E-state index contributed by atoms with van der Waals surface area (Å²) in [5, 5.41) is 16.9. The van der Waals surface area contributed by atoms with Crippen LogP contribution in [0.5, 0.6) is 0 Å². The molecule has 14 heavy (non-hydrogen) atoms. The van der Waals surface area contributed by atoms with Crippen molar-refractivity contribution in [3.05, 3.63) is 24.3 Å². The lowest BCUT2D eigenvalue weighted by Gasteiger charge is -1.96. The Hall–Kier alpha value is -0.600. The van der Waals surface area contributed by atoms with Crippen LogP contribution in [0.25, 0.3) is 0 Å². The second-order valence-electron chi connectivity index (χ2n) is 3.30. The van der Waals surface area contributed by atoms with Crippen molar-refractivity contribution in [1.29, 1.82) is 0 Å². The number of hydrogen-bond acceptors (Lipinski definition) is 2. The third-order valence-corrected chi connectivity index (χ3v) is 2.04. The zero-order valence-corrected chi connectivity index (χ0v) is 8.86. The van der Waals surface area contributed by atoms with E-state index in [-0.39, 0.29) is 13.2 Å². The molecule has 0 aliphatic rings. The van der Waals surface area contributed by atoms with Crippen LogP contribution in [0, 0.1) is 0 Å². The van der Waals surface area contributed by atoms with Crippen molar-refractivity contribution in [3.63, 3.8) is 0 Å². The lowest BCUT2D eigenvalue weighted by atomic mass is 10.1. The van der Waals surface area contributed by atoms with Crippen molar-refractivity contribution in [3.8, 4) is 0 Å². The molecule has 0 atom stereocenters. The lowest BCUT2D eigenvalue weighted by Crippen LogP contribution is -1.78. The maximum atomic E-state index is 8.47. The molecular formula is C12H22O2. The fourth-order valence-corrected chi connectivity index (χ4v) is 1.26. The molecule has 0 radical (unpaired) electrons. The molecule has 0 aliphatic heterocycles. The van der Waals surface area contributed by atoms with E-state index >= 15 is 0 Å². The van der Waals surface area contributed by atoms with Gasteiger partial charge in [0.15, 0.2) is 0 Å². The van der Waals surface area contributed by atoms with Gasteiger partial charge in [-0.2, -0.15) is 0 Å². The number of hydrogen-bond donors (Lipinski definition) is 2. The Bertz CT molecular complexity index is 132. The molecule has 0 aromatic heterocycles. The molecule has 0 spiro atoms. The quantitative estimate of drug-likeness (QED) is 0.441. The van der Waals surface area contributed by atoms with E-state index in [0.717, 1.165) is 12.8 Å². The van der Waals surface area contributed by atoms with Gasteiger partial charge in [0.25, 0.3) is 0 Å². The number of allylic oxidation sites excluding steroid dienone is 2. The summed E-state index contributed by atoms with van der Waals surface area (Å²) in [6.07, 6.45) is 14.7. The molecular weight excluding hydrogens is 176 g/mol. The maximum absolute atomic E-state index is 8.47. The van der Waals surface area contributed by atoms with Gasteiger partial charge in [-0.25, -0.2) is 0 Å². The molecule has 0 fully saturated rings. The van der Waals surface area contributed by atoms with E-state index in [1.807, 2.05) is 12.2 Å². The van der Waals surface area contributed by atoms with E-state index in [1.165, 1.54) is 25.7 Å². The minimum atomic E-state index is 0.159. The second kappa shape index (κ2) is 12.4. The van der Waals surface area contributed by atoms with Crippen LogP contribution in [-0.2, 0) is 0 Å². The zero-order chi connectivity index (χ0) is 10.5. The van der Waals surface area contributed by atoms with Gasteiger partial charge in [-0.1, -0.05) is 37.1 Å². The van der Waals surface area contributed by atoms with Crippen molar-refractivity contribution in [2.75, 3.05) is 13.2 Å². The molecule has 0 heterocycles. The van der Waals surface area contributed by atoms with Crippen LogP contribution in [0.2, 0.25) is 0 Å². The Labute approximate surface area is 87.0 Å². The molecule has 0 aromatic rings. The highest BCUT2D eigenvalue weighted by atomic mass is 16.3. The fraction of sp³-hybridized carbons (Fsp3) is 0.667. The Morgan fingerprint density at radius 1 is 0.571 bits per heavy atom. The van der Waals surface area contributed by atoms with Crippen LogP contribution in [0.1, 0.15) is 38.5 Å². The molecule has 2 nitrogen and oxygen atoms in total. The highest BCUT2D eigenvalue weighted by Gasteiger charge is 1.87. The van der Waals surface area contributed by atoms with Crippen molar-refractivity contribution in [2.24, 2.45) is 0 Å². The average Bonchev–Trinajstić information content (AvgIpc) is 2.21. The first kappa shape index (κ1) is 13.4. The number of aliphatic hydroxyl groups excluding tert-OH is 2. The molecule has 0 bridgehead atoms. The third kappa shape index (κ3) is 11.4. The van der Waals surface area contributed by atoms with Crippen molar-refractivity contribution >= 4 is 0 Å². The van der Waals surface area contributed by atoms with E-state index in [4.69, 9.17) is 10.2 Å². The largest absolute Gasteiger partial charge is 0.392 e. The van der Waals surface area contributed by atoms with Gasteiger partial charge in [0.05, 0.1) is 13.2 Å². The van der Waals surface area contributed by atoms with Gasteiger partial charge in [-0.15, -0.1) is 0 Å². The summed E-state index contributed by atoms with van der Waals surface area (Å²) in [6.45, 7) is 0.317. The van der Waals surface area contributed by atoms with E-state index in [0.29, 0.717) is 0 Å². The molecule has 0 unspecified atom stereocenters. The SMILES string of the molecule is OCC=CCCCCCCC=CCO. The highest BCUT2D eigenvalue weighted by Crippen LogP contribution is 2.06. The molecule has 0 aromatic carbocycles. The highest BCUT2D eigenvalue weighted by molar-refractivity contribution is 4.81. The summed E-state index contributed by atoms with van der Waals surface area (Å²) in [5.41, 5.74) is 0. The normalized spacial score (nSPS) is 11.9. The van der Waals surface area contributed by atoms with E-state index in [1.54, 1.807) is 12.2 Å². The summed E-state index contributed by atoms with van der Waals surface area (Å²) in [4.78, 5) is 0. The van der Waals surface area contributed by atoms with Crippen LogP contribution < -0.4 is 0 Å². The summed E-state index contributed by atoms with van der Waals surface area (Å²) in [7, 11) is 0. The van der Waals surface area contributed by atoms with Gasteiger partial charge in [-0.3, -0.25) is 0 Å². The Morgan fingerprint density at radius 3 is 1.36 bits per heavy atom. The van der Waals surface area contributed by atoms with Gasteiger partial charge in [-0.05, 0) is 25.7 Å². The van der Waals surface area contributed by atoms with Crippen LogP contribution in [-0.4, -0.2) is 23.4 Å². The fourth-order valence-electron chi connectivity index (χ4n) is 1.26. The van der Waals surface area contributed by atoms with Crippen molar-refractivity contribution in [2.45, 2.75) is 38.5 Å². The Balaban J connectivity index is 2.99. The molecule has 2 heteroatoms. The van der Waals surface area contributed by atoms with Gasteiger partial charge in [0.2, 0.25) is 0 Å². The van der Waals surface area contributed by atoms with Crippen LogP contribution >= 0.6 is 0 Å². The minimum absolute atomic E-state index is 0.159. The lowest BCUT2D eigenvalue weighted by molar-refractivity contribution is 0.342. The molecule has 0 saturated carbocycles. The minimum Gasteiger partial charge on any atom is -0.392 e. The topological polar surface area (TPSA) is 40.5 Å². The van der Waals surface area contributed by atoms with Crippen LogP contribution in [0.3, 0.4) is 0 Å². The predicted octanol–water partition coefficient (Wildman–Crippen LogP) is 2.42. The molecule has 0 aliphatic carbocycles. The summed E-state index contributed by atoms with van der Waals surface area (Å²) >= 11 is 0. The van der Waals surface area contributed by atoms with E-state index < -0.39 is 0 Å². The van der Waals surface area contributed by atoms with E-state index in [2.05, 4.69) is 0 Å². The molecule has 0 saturated heterocycles. The zero-order valence-electron chi connectivity index (χ0n) is 8.86. The summed E-state index contributed by atoms with van der Waals surface area (Å²) < 4.78 is 0. The average molecular weight is 198 g/mol. The van der Waals surface area contributed by atoms with Gasteiger partial charge in [0, 0.05) is 0 Å². The van der Waals surface area contributed by atoms with Gasteiger partial charge in [0.1, 0.15) is 0 Å². The number of unbranched alkanes of at least 4 members (excludes halogenated alkanes) is 5. The van der Waals surface area contributed by atoms with Gasteiger partial charge < -0.3 is 10.2 Å². The summed E-state index contributed by atoms with van der Waals surface area (Å²) in [5.74, 6) is 0. The van der Waals surface area contributed by atoms with Crippen molar-refractivity contribution < 1.29 is 10.2 Å². The first-order chi connectivity index (χ1) is 6.91. The predicted molar refractivity (Wildman–Crippen MR) is 60.2 cm³/mol. The summed E-state index contributed by atoms with van der Waals surface area (Å²) in [6, 6.07) is 0. The molecule has 2 N–H and O–H groups in total. The van der Waals surface area contributed by atoms with Crippen LogP contribution in [0.15, 0.2) is 24.3 Å². The standard InChI is InChI=1S/C12H22O2/c13-11-9-7-5-3-1-2-4-6-8-10-12-14/h7-10,13-14H,1-6,11-12H2. The first-order valence-electron chi connectivity index (χ1n) is 5.43. The van der Waals surface area contributed by atoms with Crippen molar-refractivity contribution in [1.82, 2.24) is 0 Å². The second-order valence-corrected chi connectivity index (χ2v) is 3.30. The van der Waals surface area contributed by atoms with Crippen LogP contribution in [0.4, 0.5) is 0 Å². The monoisotopic (exact) mass is 198 g/mol. The number of aliphatic hydroxyl groups is 2. The molecule has 82 valence electrons. The molecule has 0 amide bonds. The first-order valence-corrected chi connectivity index (χ1v) is 5.43. The third-order valence-electron chi connectivity index (χ3n) is 2.04. The Kier molecular flexibility index (Phi) is 11.9. The molecule has 0 rings (SSSR count).